The minimum Gasteiger partial charge on any atom is -0.379 e. The van der Waals surface area contributed by atoms with Crippen LogP contribution >= 0.6 is 0 Å². The van der Waals surface area contributed by atoms with Crippen LogP contribution in [-0.4, -0.2) is 51.0 Å². The van der Waals surface area contributed by atoms with Gasteiger partial charge in [-0.2, -0.15) is 0 Å². The van der Waals surface area contributed by atoms with Crippen molar-refractivity contribution in [2.45, 2.75) is 40.2 Å². The van der Waals surface area contributed by atoms with Crippen molar-refractivity contribution in [3.63, 3.8) is 0 Å². The highest BCUT2D eigenvalue weighted by Crippen LogP contribution is 1.98. The molecule has 0 spiro atoms. The Kier molecular flexibility index (Phi) is 9.99. The molecule has 0 saturated carbocycles. The van der Waals surface area contributed by atoms with Crippen LogP contribution in [0.5, 0.6) is 0 Å². The SMILES string of the molecule is CC(C)CCOCCOCCN(C)C(C)C. The summed E-state index contributed by atoms with van der Waals surface area (Å²) in [5.74, 6) is 0.723. The molecule has 0 unspecified atom stereocenters. The third-order valence-electron chi connectivity index (χ3n) is 2.68. The zero-order valence-electron chi connectivity index (χ0n) is 11.7. The number of likely N-dealkylation sites (N-methyl/N-ethyl adjacent to an activating group) is 1. The lowest BCUT2D eigenvalue weighted by Crippen LogP contribution is -2.30. The van der Waals surface area contributed by atoms with Crippen molar-refractivity contribution >= 4 is 0 Å². The maximum Gasteiger partial charge on any atom is 0.0701 e. The minimum absolute atomic E-state index is 0.589. The Morgan fingerprint density at radius 1 is 0.875 bits per heavy atom. The molecule has 98 valence electrons. The zero-order chi connectivity index (χ0) is 12.4. The smallest absolute Gasteiger partial charge is 0.0701 e. The topological polar surface area (TPSA) is 21.7 Å². The van der Waals surface area contributed by atoms with Crippen molar-refractivity contribution in [3.8, 4) is 0 Å². The molecule has 0 amide bonds. The molecule has 0 aliphatic rings. The maximum atomic E-state index is 5.49. The Morgan fingerprint density at radius 2 is 1.44 bits per heavy atom. The Hall–Kier alpha value is -0.120. The molecule has 16 heavy (non-hydrogen) atoms. The van der Waals surface area contributed by atoms with E-state index in [4.69, 9.17) is 9.47 Å². The van der Waals surface area contributed by atoms with Gasteiger partial charge in [0.1, 0.15) is 0 Å². The van der Waals surface area contributed by atoms with Crippen LogP contribution in [-0.2, 0) is 9.47 Å². The predicted octanol–water partition coefficient (Wildman–Crippen LogP) is 2.41. The fourth-order valence-corrected chi connectivity index (χ4v) is 1.11. The Balaban J connectivity index is 3.10. The van der Waals surface area contributed by atoms with E-state index in [2.05, 4.69) is 39.6 Å². The van der Waals surface area contributed by atoms with Gasteiger partial charge in [0.15, 0.2) is 0 Å². The first kappa shape index (κ1) is 15.9. The fourth-order valence-electron chi connectivity index (χ4n) is 1.11. The highest BCUT2D eigenvalue weighted by atomic mass is 16.5. The van der Waals surface area contributed by atoms with Gasteiger partial charge in [-0.3, -0.25) is 0 Å². The molecule has 3 heteroatoms. The maximum absolute atomic E-state index is 5.49. The summed E-state index contributed by atoms with van der Waals surface area (Å²) in [7, 11) is 2.12. The van der Waals surface area contributed by atoms with Gasteiger partial charge in [-0.05, 0) is 33.2 Å². The van der Waals surface area contributed by atoms with Gasteiger partial charge in [-0.1, -0.05) is 13.8 Å². The number of hydrogen-bond acceptors (Lipinski definition) is 3. The summed E-state index contributed by atoms with van der Waals surface area (Å²) in [6, 6.07) is 0.589. The number of ether oxygens (including phenoxy) is 2. The summed E-state index contributed by atoms with van der Waals surface area (Å²) >= 11 is 0. The highest BCUT2D eigenvalue weighted by molar-refractivity contribution is 4.55. The molecule has 0 aromatic heterocycles. The fraction of sp³-hybridized carbons (Fsp3) is 1.00. The number of rotatable bonds is 10. The average Bonchev–Trinajstić information content (AvgIpc) is 2.21. The number of hydrogen-bond donors (Lipinski definition) is 0. The van der Waals surface area contributed by atoms with Gasteiger partial charge in [0, 0.05) is 19.2 Å². The van der Waals surface area contributed by atoms with E-state index in [0.29, 0.717) is 12.6 Å². The van der Waals surface area contributed by atoms with E-state index in [1.54, 1.807) is 0 Å². The van der Waals surface area contributed by atoms with Crippen molar-refractivity contribution in [1.29, 1.82) is 0 Å². The first-order valence-electron chi connectivity index (χ1n) is 6.39. The third-order valence-corrected chi connectivity index (χ3v) is 2.68. The molecule has 0 aliphatic heterocycles. The Labute approximate surface area is 101 Å². The van der Waals surface area contributed by atoms with Gasteiger partial charge in [-0.25, -0.2) is 0 Å². The molecule has 0 heterocycles. The summed E-state index contributed by atoms with van der Waals surface area (Å²) in [4.78, 5) is 2.28. The summed E-state index contributed by atoms with van der Waals surface area (Å²) in [6.07, 6.45) is 1.14. The molecule has 3 nitrogen and oxygen atoms in total. The quantitative estimate of drug-likeness (QED) is 0.539. The van der Waals surface area contributed by atoms with E-state index in [-0.39, 0.29) is 0 Å². The highest BCUT2D eigenvalue weighted by Gasteiger charge is 2.01. The van der Waals surface area contributed by atoms with Crippen molar-refractivity contribution in [2.75, 3.05) is 40.0 Å². The standard InChI is InChI=1S/C13H29NO2/c1-12(2)6-8-15-10-11-16-9-7-14(5)13(3)4/h12-13H,6-11H2,1-5H3. The van der Waals surface area contributed by atoms with E-state index in [9.17, 15) is 0 Å². The Morgan fingerprint density at radius 3 is 1.94 bits per heavy atom. The van der Waals surface area contributed by atoms with Crippen LogP contribution in [0.4, 0.5) is 0 Å². The second kappa shape index (κ2) is 10.1. The minimum atomic E-state index is 0.589. The Bertz CT molecular complexity index is 149. The zero-order valence-corrected chi connectivity index (χ0v) is 11.7. The van der Waals surface area contributed by atoms with Crippen molar-refractivity contribution in [2.24, 2.45) is 5.92 Å². The summed E-state index contributed by atoms with van der Waals surface area (Å²) in [6.45, 7) is 12.9. The molecule has 0 N–H and O–H groups in total. The van der Waals surface area contributed by atoms with Gasteiger partial charge >= 0.3 is 0 Å². The van der Waals surface area contributed by atoms with Crippen LogP contribution in [0.15, 0.2) is 0 Å². The molecule has 0 saturated heterocycles. The lowest BCUT2D eigenvalue weighted by atomic mass is 10.1. The van der Waals surface area contributed by atoms with Crippen LogP contribution in [0.2, 0.25) is 0 Å². The number of nitrogens with zero attached hydrogens (tertiary/aromatic N) is 1. The molecular weight excluding hydrogens is 202 g/mol. The molecule has 0 radical (unpaired) electrons. The van der Waals surface area contributed by atoms with Crippen LogP contribution in [0.1, 0.15) is 34.1 Å². The van der Waals surface area contributed by atoms with E-state index in [1.807, 2.05) is 0 Å². The first-order chi connectivity index (χ1) is 7.54. The first-order valence-corrected chi connectivity index (χ1v) is 6.39. The molecule has 0 fully saturated rings. The summed E-state index contributed by atoms with van der Waals surface area (Å²) < 4.78 is 11.0. The van der Waals surface area contributed by atoms with Gasteiger partial charge in [0.05, 0.1) is 19.8 Å². The van der Waals surface area contributed by atoms with E-state index in [1.165, 1.54) is 0 Å². The summed E-state index contributed by atoms with van der Waals surface area (Å²) in [5, 5.41) is 0. The molecule has 0 aromatic rings. The van der Waals surface area contributed by atoms with E-state index >= 15 is 0 Å². The average molecular weight is 231 g/mol. The third kappa shape index (κ3) is 10.4. The molecule has 0 atom stereocenters. The van der Waals surface area contributed by atoms with E-state index in [0.717, 1.165) is 38.7 Å². The van der Waals surface area contributed by atoms with E-state index < -0.39 is 0 Å². The lowest BCUT2D eigenvalue weighted by Gasteiger charge is -2.20. The van der Waals surface area contributed by atoms with Crippen LogP contribution in [0.3, 0.4) is 0 Å². The molecule has 0 aromatic carbocycles. The predicted molar refractivity (Wildman–Crippen MR) is 68.9 cm³/mol. The largest absolute Gasteiger partial charge is 0.379 e. The van der Waals surface area contributed by atoms with Crippen LogP contribution in [0.25, 0.3) is 0 Å². The molecule has 0 aliphatic carbocycles. The normalized spacial score (nSPS) is 12.0. The summed E-state index contributed by atoms with van der Waals surface area (Å²) in [5.41, 5.74) is 0. The van der Waals surface area contributed by atoms with Crippen LogP contribution in [0, 0.1) is 5.92 Å². The van der Waals surface area contributed by atoms with Crippen molar-refractivity contribution in [3.05, 3.63) is 0 Å². The van der Waals surface area contributed by atoms with Crippen molar-refractivity contribution < 1.29 is 9.47 Å². The van der Waals surface area contributed by atoms with Gasteiger partial charge < -0.3 is 14.4 Å². The van der Waals surface area contributed by atoms with Gasteiger partial charge in [0.25, 0.3) is 0 Å². The molecular formula is C13H29NO2. The second-order valence-corrected chi connectivity index (χ2v) is 4.98. The molecule has 0 rings (SSSR count). The van der Waals surface area contributed by atoms with Gasteiger partial charge in [0.2, 0.25) is 0 Å². The molecule has 0 bridgehead atoms. The van der Waals surface area contributed by atoms with Crippen molar-refractivity contribution in [1.82, 2.24) is 4.90 Å². The van der Waals surface area contributed by atoms with Gasteiger partial charge in [-0.15, -0.1) is 0 Å². The second-order valence-electron chi connectivity index (χ2n) is 4.98. The lowest BCUT2D eigenvalue weighted by molar-refractivity contribution is 0.0354. The van der Waals surface area contributed by atoms with Crippen LogP contribution < -0.4 is 0 Å². The monoisotopic (exact) mass is 231 g/mol.